The number of nitriles is 1. The summed E-state index contributed by atoms with van der Waals surface area (Å²) in [6, 6.07) is 4.45. The standard InChI is InChI=1S/C20H24N6O2/c1-28-11-10-23-20(27)19-25-16-12-24-18-15(7-9-22-18)17(16)26(19)14-4-2-13(3-5-14)6-8-21/h7,9,12-14H,2-6,10-11H2,1H3,(H,22,24)(H,23,27). The number of amides is 1. The lowest BCUT2D eigenvalue weighted by Crippen LogP contribution is -2.31. The second-order valence-electron chi connectivity index (χ2n) is 7.32. The summed E-state index contributed by atoms with van der Waals surface area (Å²) in [5.41, 5.74) is 2.47. The van der Waals surface area contributed by atoms with Gasteiger partial charge in [0.2, 0.25) is 0 Å². The molecule has 0 radical (unpaired) electrons. The smallest absolute Gasteiger partial charge is 0.287 e. The molecule has 3 aromatic heterocycles. The van der Waals surface area contributed by atoms with E-state index in [1.165, 1.54) is 0 Å². The van der Waals surface area contributed by atoms with Crippen LogP contribution in [0, 0.1) is 17.2 Å². The van der Waals surface area contributed by atoms with Gasteiger partial charge in [-0.2, -0.15) is 5.26 Å². The largest absolute Gasteiger partial charge is 0.383 e. The van der Waals surface area contributed by atoms with Crippen molar-refractivity contribution in [1.82, 2.24) is 24.8 Å². The van der Waals surface area contributed by atoms with Crippen molar-refractivity contribution in [1.29, 1.82) is 5.26 Å². The fourth-order valence-corrected chi connectivity index (χ4v) is 4.19. The first-order valence-electron chi connectivity index (χ1n) is 9.71. The van der Waals surface area contributed by atoms with Crippen molar-refractivity contribution in [3.63, 3.8) is 0 Å². The highest BCUT2D eigenvalue weighted by molar-refractivity contribution is 6.04. The van der Waals surface area contributed by atoms with Crippen LogP contribution in [0.15, 0.2) is 18.5 Å². The van der Waals surface area contributed by atoms with Gasteiger partial charge in [0.15, 0.2) is 5.82 Å². The Kier molecular flexibility index (Phi) is 5.26. The van der Waals surface area contributed by atoms with Crippen molar-refractivity contribution in [3.05, 3.63) is 24.3 Å². The molecule has 8 nitrogen and oxygen atoms in total. The topological polar surface area (TPSA) is 109 Å². The van der Waals surface area contributed by atoms with Crippen LogP contribution in [0.4, 0.5) is 0 Å². The number of aromatic nitrogens is 4. The number of rotatable bonds is 6. The van der Waals surface area contributed by atoms with Crippen molar-refractivity contribution >= 4 is 28.0 Å². The summed E-state index contributed by atoms with van der Waals surface area (Å²) in [5, 5.41) is 12.9. The fourth-order valence-electron chi connectivity index (χ4n) is 4.19. The number of methoxy groups -OCH3 is 1. The Balaban J connectivity index is 1.75. The Hall–Kier alpha value is -2.92. The Labute approximate surface area is 162 Å². The summed E-state index contributed by atoms with van der Waals surface area (Å²) in [4.78, 5) is 25.1. The van der Waals surface area contributed by atoms with E-state index in [0.717, 1.165) is 47.8 Å². The first-order valence-corrected chi connectivity index (χ1v) is 9.71. The number of carbonyl (C=O) groups excluding carboxylic acids is 1. The van der Waals surface area contributed by atoms with Gasteiger partial charge in [0.05, 0.1) is 24.4 Å². The number of H-pyrrole nitrogens is 1. The molecule has 1 aliphatic rings. The fraction of sp³-hybridized carbons (Fsp3) is 0.500. The van der Waals surface area contributed by atoms with Gasteiger partial charge in [0.1, 0.15) is 11.2 Å². The molecule has 0 unspecified atom stereocenters. The summed E-state index contributed by atoms with van der Waals surface area (Å²) < 4.78 is 7.13. The van der Waals surface area contributed by atoms with E-state index in [4.69, 9.17) is 10.00 Å². The Morgan fingerprint density at radius 2 is 2.25 bits per heavy atom. The number of ether oxygens (including phenoxy) is 1. The van der Waals surface area contributed by atoms with Gasteiger partial charge in [0.25, 0.3) is 5.91 Å². The van der Waals surface area contributed by atoms with Crippen LogP contribution in [0.25, 0.3) is 22.1 Å². The summed E-state index contributed by atoms with van der Waals surface area (Å²) in [7, 11) is 1.61. The van der Waals surface area contributed by atoms with Gasteiger partial charge in [-0.1, -0.05) is 0 Å². The lowest BCUT2D eigenvalue weighted by Gasteiger charge is -2.29. The van der Waals surface area contributed by atoms with Crippen LogP contribution in [0.5, 0.6) is 0 Å². The number of aromatic amines is 1. The number of hydrogen-bond acceptors (Lipinski definition) is 5. The van der Waals surface area contributed by atoms with Crippen molar-refractivity contribution < 1.29 is 9.53 Å². The highest BCUT2D eigenvalue weighted by Crippen LogP contribution is 2.37. The summed E-state index contributed by atoms with van der Waals surface area (Å²) in [5.74, 6) is 0.672. The third-order valence-electron chi connectivity index (χ3n) is 5.59. The van der Waals surface area contributed by atoms with Gasteiger partial charge in [-0.3, -0.25) is 4.79 Å². The van der Waals surface area contributed by atoms with Crippen LogP contribution in [-0.4, -0.2) is 45.7 Å². The molecule has 0 aliphatic heterocycles. The second-order valence-corrected chi connectivity index (χ2v) is 7.32. The molecule has 3 aromatic rings. The molecule has 146 valence electrons. The third-order valence-corrected chi connectivity index (χ3v) is 5.59. The minimum Gasteiger partial charge on any atom is -0.383 e. The predicted molar refractivity (Wildman–Crippen MR) is 105 cm³/mol. The first kappa shape index (κ1) is 18.4. The molecule has 3 heterocycles. The lowest BCUT2D eigenvalue weighted by molar-refractivity contribution is 0.0918. The zero-order chi connectivity index (χ0) is 19.5. The van der Waals surface area contributed by atoms with Gasteiger partial charge in [0, 0.05) is 37.7 Å². The van der Waals surface area contributed by atoms with Crippen molar-refractivity contribution in [2.45, 2.75) is 38.1 Å². The summed E-state index contributed by atoms with van der Waals surface area (Å²) >= 11 is 0. The maximum absolute atomic E-state index is 12.9. The zero-order valence-corrected chi connectivity index (χ0v) is 15.9. The monoisotopic (exact) mass is 380 g/mol. The van der Waals surface area contributed by atoms with E-state index in [1.807, 2.05) is 12.3 Å². The van der Waals surface area contributed by atoms with E-state index in [0.29, 0.717) is 31.3 Å². The molecule has 0 bridgehead atoms. The van der Waals surface area contributed by atoms with E-state index in [9.17, 15) is 4.79 Å². The van der Waals surface area contributed by atoms with Gasteiger partial charge in [-0.25, -0.2) is 9.97 Å². The average Bonchev–Trinajstić information content (AvgIpc) is 3.33. The highest BCUT2D eigenvalue weighted by Gasteiger charge is 2.29. The molecule has 0 atom stereocenters. The number of hydrogen-bond donors (Lipinski definition) is 2. The van der Waals surface area contributed by atoms with E-state index < -0.39 is 0 Å². The van der Waals surface area contributed by atoms with Gasteiger partial charge < -0.3 is 19.6 Å². The lowest BCUT2D eigenvalue weighted by atomic mass is 9.84. The molecule has 8 heteroatoms. The summed E-state index contributed by atoms with van der Waals surface area (Å²) in [6.45, 7) is 0.889. The predicted octanol–water partition coefficient (Wildman–Crippen LogP) is 2.93. The van der Waals surface area contributed by atoms with E-state index in [1.54, 1.807) is 13.3 Å². The number of fused-ring (bicyclic) bond motifs is 3. The number of pyridine rings is 1. The molecule has 0 saturated heterocycles. The molecular weight excluding hydrogens is 356 g/mol. The molecular formula is C20H24N6O2. The molecule has 0 aromatic carbocycles. The van der Waals surface area contributed by atoms with Gasteiger partial charge in [-0.15, -0.1) is 0 Å². The molecule has 28 heavy (non-hydrogen) atoms. The van der Waals surface area contributed by atoms with E-state index in [-0.39, 0.29) is 11.9 Å². The quantitative estimate of drug-likeness (QED) is 0.639. The molecule has 1 amide bonds. The van der Waals surface area contributed by atoms with Gasteiger partial charge in [-0.05, 0) is 37.7 Å². The van der Waals surface area contributed by atoms with Gasteiger partial charge >= 0.3 is 0 Å². The highest BCUT2D eigenvalue weighted by atomic mass is 16.5. The Morgan fingerprint density at radius 3 is 3.00 bits per heavy atom. The maximum Gasteiger partial charge on any atom is 0.287 e. The van der Waals surface area contributed by atoms with Crippen LogP contribution in [0.3, 0.4) is 0 Å². The zero-order valence-electron chi connectivity index (χ0n) is 15.9. The SMILES string of the molecule is COCCNC(=O)c1nc2cnc3[nH]ccc3c2n1C1CCC(CC#N)CC1. The minimum absolute atomic E-state index is 0.184. The second kappa shape index (κ2) is 7.98. The first-order chi connectivity index (χ1) is 13.7. The van der Waals surface area contributed by atoms with E-state index >= 15 is 0 Å². The molecule has 1 aliphatic carbocycles. The Morgan fingerprint density at radius 1 is 1.43 bits per heavy atom. The van der Waals surface area contributed by atoms with Crippen LogP contribution < -0.4 is 5.32 Å². The minimum atomic E-state index is -0.198. The normalized spacial score (nSPS) is 19.7. The molecule has 4 rings (SSSR count). The van der Waals surface area contributed by atoms with Crippen LogP contribution in [0.1, 0.15) is 48.8 Å². The molecule has 0 spiro atoms. The van der Waals surface area contributed by atoms with Crippen LogP contribution >= 0.6 is 0 Å². The van der Waals surface area contributed by atoms with E-state index in [2.05, 4.69) is 30.9 Å². The number of imidazole rings is 1. The average molecular weight is 380 g/mol. The number of nitrogens with zero attached hydrogens (tertiary/aromatic N) is 4. The van der Waals surface area contributed by atoms with Crippen molar-refractivity contribution in [3.8, 4) is 6.07 Å². The summed E-state index contributed by atoms with van der Waals surface area (Å²) in [6.07, 6.45) is 8.03. The maximum atomic E-state index is 12.9. The van der Waals surface area contributed by atoms with Crippen LogP contribution in [-0.2, 0) is 4.74 Å². The molecule has 2 N–H and O–H groups in total. The Bertz CT molecular complexity index is 1020. The van der Waals surface area contributed by atoms with Crippen molar-refractivity contribution in [2.24, 2.45) is 5.92 Å². The van der Waals surface area contributed by atoms with Crippen LogP contribution in [0.2, 0.25) is 0 Å². The molecule has 1 saturated carbocycles. The van der Waals surface area contributed by atoms with Crippen molar-refractivity contribution in [2.75, 3.05) is 20.3 Å². The number of carbonyl (C=O) groups is 1. The third kappa shape index (κ3) is 3.34. The molecule has 1 fully saturated rings. The number of nitrogens with one attached hydrogen (secondary N) is 2.